The molecule has 0 amide bonds. The third kappa shape index (κ3) is 65.2. The number of imidazole rings is 4. The SMILES string of the molecule is [Mo].[Mo].[Mo].[Mo].[Mo].[Mo].[Mo].[Mo].[O-2].[O-2].[O-2].[O-2].[O-2].[O-2].[O-2].[O-2].[O-2].[O-2].[O-2].[O-2].[O-2].[O-2].[O-2].[O-2].[O-2].[O-2].[O-2].[O-2].[O-2].[O-2].[O-2].[O-2].[O-2].[O-2].c1ccc2[nH+]c[nH]c2c1.c1ccc2[nH+]c[nH]c2c1.c1ccc2[nH+]c[nH]c2c1.c1ccc2[nH+]c[nH]c2c1. The van der Waals surface area contributed by atoms with Gasteiger partial charge >= 0.3 is 0 Å². The first-order valence-corrected chi connectivity index (χ1v) is 11.6. The number of benzene rings is 4. The summed E-state index contributed by atoms with van der Waals surface area (Å²) < 4.78 is 0. The summed E-state index contributed by atoms with van der Waals surface area (Å²) in [6.45, 7) is 0. The van der Waals surface area contributed by atoms with Crippen LogP contribution >= 0.6 is 0 Å². The maximum Gasteiger partial charge on any atom is 0.240 e. The van der Waals surface area contributed by atoms with Gasteiger partial charge in [0.25, 0.3) is 0 Å². The molecule has 0 aliphatic carbocycles. The molecule has 34 nitrogen and oxygen atoms in total. The summed E-state index contributed by atoms with van der Waals surface area (Å²) in [6, 6.07) is 32.3. The first-order valence-electron chi connectivity index (χ1n) is 11.6. The molecule has 42 heteroatoms. The quantitative estimate of drug-likeness (QED) is 0.153. The van der Waals surface area contributed by atoms with E-state index in [4.69, 9.17) is 0 Å². The number of aromatic amines is 8. The van der Waals surface area contributed by atoms with Gasteiger partial charge in [-0.25, -0.2) is 39.9 Å². The summed E-state index contributed by atoms with van der Waals surface area (Å²) in [6.07, 6.45) is 7.30. The zero-order valence-corrected chi connectivity index (χ0v) is 49.5. The Morgan fingerprint density at radius 2 is 0.300 bits per heavy atom. The smallest absolute Gasteiger partial charge is 0.240 e. The van der Waals surface area contributed by atoms with Crippen molar-refractivity contribution >= 4 is 44.1 Å². The summed E-state index contributed by atoms with van der Waals surface area (Å²) in [4.78, 5) is 24.5. The number of H-pyrrole nitrogens is 8. The Morgan fingerprint density at radius 1 is 0.186 bits per heavy atom. The molecule has 0 bridgehead atoms. The summed E-state index contributed by atoms with van der Waals surface area (Å²) >= 11 is 0. The zero-order chi connectivity index (χ0) is 24.4. The molecule has 0 unspecified atom stereocenters. The molecule has 0 radical (unpaired) electrons. The topological polar surface area (TPSA) is 861 Å². The van der Waals surface area contributed by atoms with Crippen molar-refractivity contribution in [2.24, 2.45) is 0 Å². The van der Waals surface area contributed by atoms with Crippen LogP contribution in [0, 0.1) is 0 Å². The molecule has 0 saturated heterocycles. The number of rotatable bonds is 0. The summed E-state index contributed by atoms with van der Waals surface area (Å²) in [7, 11) is 0. The minimum atomic E-state index is 0. The summed E-state index contributed by atoms with van der Waals surface area (Å²) in [5, 5.41) is 0. The molecule has 4 aromatic heterocycles. The van der Waals surface area contributed by atoms with Gasteiger partial charge in [-0.05, 0) is 48.5 Å². The number of aromatic nitrogens is 8. The molecule has 0 atom stereocenters. The Balaban J connectivity index is -0.00000000937. The predicted molar refractivity (Wildman–Crippen MR) is 157 cm³/mol. The Hall–Kier alpha value is -0.774. The molecule has 432 valence electrons. The first kappa shape index (κ1) is 209. The Bertz CT molecular complexity index is 1480. The molecule has 4 heterocycles. The third-order valence-corrected chi connectivity index (χ3v) is 5.53. The van der Waals surface area contributed by atoms with Gasteiger partial charge in [-0.2, -0.15) is 0 Å². The van der Waals surface area contributed by atoms with Crippen LogP contribution in [0.3, 0.4) is 0 Å². The van der Waals surface area contributed by atoms with E-state index >= 15 is 0 Å². The number of nitrogens with one attached hydrogen (secondary N) is 8. The van der Waals surface area contributed by atoms with Gasteiger partial charge in [0, 0.05) is 169 Å². The van der Waals surface area contributed by atoms with Crippen molar-refractivity contribution in [3.05, 3.63) is 122 Å². The van der Waals surface area contributed by atoms with Gasteiger partial charge in [-0.1, -0.05) is 48.5 Å². The van der Waals surface area contributed by atoms with Crippen molar-refractivity contribution < 1.29 is 331 Å². The van der Waals surface area contributed by atoms with Crippen LogP contribution in [0.4, 0.5) is 0 Å². The predicted octanol–water partition coefficient (Wildman–Crippen LogP) is 0.819. The van der Waals surface area contributed by atoms with Crippen molar-refractivity contribution in [3.8, 4) is 0 Å². The van der Waals surface area contributed by atoms with Crippen LogP contribution in [0.1, 0.15) is 0 Å². The van der Waals surface area contributed by atoms with E-state index in [-0.39, 0.29) is 311 Å². The fraction of sp³-hybridized carbons (Fsp3) is 0. The molecule has 0 saturated carbocycles. The van der Waals surface area contributed by atoms with Gasteiger partial charge in [-0.15, -0.1) is 0 Å². The van der Waals surface area contributed by atoms with Gasteiger partial charge < -0.3 is 142 Å². The molecular formula is C28H28Mo8N8O26-48. The van der Waals surface area contributed by atoms with Crippen LogP contribution in [0.25, 0.3) is 44.1 Å². The minimum Gasteiger partial charge on any atom is -2.00 e. The maximum atomic E-state index is 3.06. The average molecular weight is 1660 g/mol. The van der Waals surface area contributed by atoms with Crippen LogP contribution < -0.4 is 19.9 Å². The van der Waals surface area contributed by atoms with E-state index in [1.807, 2.05) is 122 Å². The molecule has 4 aromatic carbocycles. The summed E-state index contributed by atoms with van der Waals surface area (Å²) in [5.41, 5.74) is 9.20. The second-order valence-electron chi connectivity index (χ2n) is 7.91. The van der Waals surface area contributed by atoms with E-state index in [0.29, 0.717) is 0 Å². The van der Waals surface area contributed by atoms with E-state index in [9.17, 15) is 0 Å². The van der Waals surface area contributed by atoms with Crippen LogP contribution in [0.2, 0.25) is 0 Å². The molecule has 8 aromatic rings. The Morgan fingerprint density at radius 3 is 0.414 bits per heavy atom. The van der Waals surface area contributed by atoms with Crippen molar-refractivity contribution in [1.29, 1.82) is 0 Å². The number of hydrogen-bond donors (Lipinski definition) is 4. The molecular weight excluding hydrogens is 1630 g/mol. The molecule has 0 aliphatic heterocycles. The van der Waals surface area contributed by atoms with E-state index in [0.717, 1.165) is 44.1 Å². The standard InChI is InChI=1S/4C7H6N2.8Mo.26O/c4*1-2-4-7-6(3-1)8-5-9-7;;;;;;;;;;;;;;;;;;;;;;;;;;;;;;;;;;/h4*1-5H,(H,8,9);;;;;;;;;;;;;;;;;;;;;;;;;;;;;;;;;;/q;;;;;;;;;;;;26*-2/p+4. The monoisotopic (exact) mass is 1680 g/mol. The fourth-order valence-electron chi connectivity index (χ4n) is 3.71. The normalized spacial score (nSPS) is 5.26. The van der Waals surface area contributed by atoms with Gasteiger partial charge in [-0.3, -0.25) is 0 Å². The largest absolute Gasteiger partial charge is 2.00 e. The van der Waals surface area contributed by atoms with Gasteiger partial charge in [0.2, 0.25) is 25.3 Å². The van der Waals surface area contributed by atoms with E-state index < -0.39 is 0 Å². The molecule has 0 spiro atoms. The van der Waals surface area contributed by atoms with Crippen LogP contribution in [-0.2, 0) is 311 Å². The fourth-order valence-corrected chi connectivity index (χ4v) is 3.71. The maximum absolute atomic E-state index is 3.06. The van der Waals surface area contributed by atoms with E-state index in [2.05, 4.69) is 39.9 Å². The van der Waals surface area contributed by atoms with Crippen LogP contribution in [0.15, 0.2) is 122 Å². The molecule has 8 rings (SSSR count). The minimum absolute atomic E-state index is 0. The molecule has 8 N–H and O–H groups in total. The van der Waals surface area contributed by atoms with Crippen molar-refractivity contribution in [2.75, 3.05) is 0 Å². The van der Waals surface area contributed by atoms with Gasteiger partial charge in [0.05, 0.1) is 0 Å². The Kier molecular flexibility index (Phi) is 352. The van der Waals surface area contributed by atoms with Gasteiger partial charge in [0.15, 0.2) is 44.1 Å². The Labute approximate surface area is 512 Å². The number of para-hydroxylation sites is 8. The van der Waals surface area contributed by atoms with E-state index in [1.165, 1.54) is 0 Å². The molecule has 0 fully saturated rings. The molecule has 0 aliphatic rings. The van der Waals surface area contributed by atoms with Crippen molar-refractivity contribution in [2.45, 2.75) is 0 Å². The number of fused-ring (bicyclic) bond motifs is 4. The zero-order valence-electron chi connectivity index (χ0n) is 33.4. The van der Waals surface area contributed by atoms with Gasteiger partial charge in [0.1, 0.15) is 0 Å². The van der Waals surface area contributed by atoms with E-state index in [1.54, 1.807) is 0 Å². The summed E-state index contributed by atoms with van der Waals surface area (Å²) in [5.74, 6) is 0. The van der Waals surface area contributed by atoms with Crippen molar-refractivity contribution in [3.63, 3.8) is 0 Å². The second kappa shape index (κ2) is 118. The first-order chi connectivity index (χ1) is 17.9. The second-order valence-corrected chi connectivity index (χ2v) is 7.91. The van der Waals surface area contributed by atoms with Crippen molar-refractivity contribution in [1.82, 2.24) is 19.9 Å². The average Bonchev–Trinajstić information content (AvgIpc) is 3.76. The van der Waals surface area contributed by atoms with Crippen LogP contribution in [0.5, 0.6) is 0 Å². The number of hydrogen-bond acceptors (Lipinski definition) is 0. The third-order valence-electron chi connectivity index (χ3n) is 5.53. The molecule has 70 heavy (non-hydrogen) atoms. The van der Waals surface area contributed by atoms with Crippen LogP contribution in [-0.4, -0.2) is 19.9 Å².